The summed E-state index contributed by atoms with van der Waals surface area (Å²) in [5.74, 6) is 3.24. The van der Waals surface area contributed by atoms with E-state index in [1.807, 2.05) is 48.5 Å². The number of hydrogen-bond donors (Lipinski definition) is 0. The van der Waals surface area contributed by atoms with E-state index in [0.717, 1.165) is 94.8 Å². The van der Waals surface area contributed by atoms with E-state index >= 15 is 0 Å². The molecule has 8 aromatic rings. The number of rotatable bonds is 8. The molecule has 0 aliphatic rings. The lowest BCUT2D eigenvalue weighted by Crippen LogP contribution is -2.29. The fourth-order valence-corrected chi connectivity index (χ4v) is 7.17. The van der Waals surface area contributed by atoms with Gasteiger partial charge in [-0.3, -0.25) is 0 Å². The lowest BCUT2D eigenvalue weighted by Gasteiger charge is -2.19. The van der Waals surface area contributed by atoms with Crippen molar-refractivity contribution in [1.29, 1.82) is 0 Å². The van der Waals surface area contributed by atoms with Gasteiger partial charge in [-0.25, -0.2) is 0 Å². The number of pyridine rings is 2. The van der Waals surface area contributed by atoms with Crippen LogP contribution in [0, 0.1) is 0 Å². The van der Waals surface area contributed by atoms with Crippen LogP contribution in [0.4, 0.5) is 0 Å². The predicted molar refractivity (Wildman–Crippen MR) is 203 cm³/mol. The van der Waals surface area contributed by atoms with E-state index < -0.39 is 0 Å². The summed E-state index contributed by atoms with van der Waals surface area (Å²) in [6, 6.07) is 51.0. The third-order valence-electron chi connectivity index (χ3n) is 9.54. The van der Waals surface area contributed by atoms with Gasteiger partial charge in [0.2, 0.25) is 16.7 Å². The van der Waals surface area contributed by atoms with Crippen LogP contribution in [0.1, 0.15) is 0 Å². The molecule has 5 heteroatoms. The summed E-state index contributed by atoms with van der Waals surface area (Å²) in [6.45, 7) is 0. The minimum absolute atomic E-state index is 0.806. The van der Waals surface area contributed by atoms with Crippen LogP contribution in [0.3, 0.4) is 0 Å². The van der Waals surface area contributed by atoms with Crippen molar-refractivity contribution < 1.29 is 23.3 Å². The Morgan fingerprint density at radius 2 is 0.720 bits per heavy atom. The Morgan fingerprint density at radius 3 is 1.20 bits per heavy atom. The van der Waals surface area contributed by atoms with Crippen molar-refractivity contribution in [2.24, 2.45) is 0 Å². The highest BCUT2D eigenvalue weighted by molar-refractivity contribution is 6.16. The Balaban J connectivity index is 1.65. The van der Waals surface area contributed by atoms with E-state index in [1.54, 1.807) is 28.4 Å². The molecule has 244 valence electrons. The maximum atomic E-state index is 5.61. The summed E-state index contributed by atoms with van der Waals surface area (Å²) >= 11 is 0. The van der Waals surface area contributed by atoms with Crippen molar-refractivity contribution in [2.45, 2.75) is 0 Å². The Bertz CT molecular complexity index is 2310. The van der Waals surface area contributed by atoms with Crippen LogP contribution >= 0.6 is 0 Å². The first-order valence-corrected chi connectivity index (χ1v) is 16.6. The van der Waals surface area contributed by atoms with E-state index in [1.165, 1.54) is 0 Å². The zero-order valence-electron chi connectivity index (χ0n) is 28.4. The Hall–Kier alpha value is -6.33. The van der Waals surface area contributed by atoms with Crippen LogP contribution in [0.15, 0.2) is 146 Å². The van der Waals surface area contributed by atoms with Crippen molar-refractivity contribution >= 4 is 27.2 Å². The molecule has 0 fully saturated rings. The molecule has 0 saturated heterocycles. The molecule has 2 aromatic heterocycles. The molecule has 0 bridgehead atoms. The third-order valence-corrected chi connectivity index (χ3v) is 9.54. The fraction of sp³-hybridized carbons (Fsp3) is 0.0889. The van der Waals surface area contributed by atoms with Crippen LogP contribution in [0.25, 0.3) is 71.8 Å². The smallest absolute Gasteiger partial charge is 0.228 e. The van der Waals surface area contributed by atoms with Crippen LogP contribution in [0.5, 0.6) is 23.0 Å². The van der Waals surface area contributed by atoms with E-state index in [2.05, 4.69) is 101 Å². The van der Waals surface area contributed by atoms with Gasteiger partial charge in [0.15, 0.2) is 0 Å². The minimum atomic E-state index is 0.806. The molecule has 0 aliphatic carbocycles. The van der Waals surface area contributed by atoms with Gasteiger partial charge in [-0.1, -0.05) is 66.7 Å². The molecule has 0 atom stereocenters. The summed E-state index contributed by atoms with van der Waals surface area (Å²) in [7, 11) is 6.81. The minimum Gasteiger partial charge on any atom is -0.497 e. The summed E-state index contributed by atoms with van der Waals surface area (Å²) in [6.07, 6.45) is 0. The van der Waals surface area contributed by atoms with Gasteiger partial charge < -0.3 is 18.9 Å². The Morgan fingerprint density at radius 1 is 0.340 bits per heavy atom. The van der Waals surface area contributed by atoms with E-state index in [-0.39, 0.29) is 0 Å². The average molecular weight is 655 g/mol. The lowest BCUT2D eigenvalue weighted by atomic mass is 9.86. The lowest BCUT2D eigenvalue weighted by molar-refractivity contribution is -0.466. The van der Waals surface area contributed by atoms with Crippen LogP contribution in [-0.2, 0) is 0 Å². The second-order valence-electron chi connectivity index (χ2n) is 12.1. The largest absolute Gasteiger partial charge is 0.497 e. The van der Waals surface area contributed by atoms with Gasteiger partial charge in [0.05, 0.1) is 50.3 Å². The number of fused-ring (bicyclic) bond motifs is 5. The monoisotopic (exact) mass is 654 g/mol. The number of benzene rings is 6. The van der Waals surface area contributed by atoms with Crippen LogP contribution in [-0.4, -0.2) is 28.4 Å². The molecule has 6 aromatic carbocycles. The SMILES string of the molecule is COc1ccc(-c2c(-c3ccc(OC)cc3)[n+]3c4ccccc4c(-c4ccc(OC)cc4)c(-c4ccc(OC)cc4)c3c3ccccc23)cc1. The third kappa shape index (κ3) is 5.15. The van der Waals surface area contributed by atoms with E-state index in [4.69, 9.17) is 18.9 Å². The van der Waals surface area contributed by atoms with Gasteiger partial charge in [-0.15, -0.1) is 0 Å². The quantitative estimate of drug-likeness (QED) is 0.121. The average Bonchev–Trinajstić information content (AvgIpc) is 3.20. The molecule has 0 unspecified atom stereocenters. The second kappa shape index (κ2) is 12.9. The van der Waals surface area contributed by atoms with Gasteiger partial charge in [0.25, 0.3) is 0 Å². The molecule has 5 nitrogen and oxygen atoms in total. The first-order valence-electron chi connectivity index (χ1n) is 16.6. The topological polar surface area (TPSA) is 41.0 Å². The van der Waals surface area contributed by atoms with E-state index in [0.29, 0.717) is 0 Å². The zero-order chi connectivity index (χ0) is 34.2. The van der Waals surface area contributed by atoms with Crippen molar-refractivity contribution in [3.05, 3.63) is 146 Å². The van der Waals surface area contributed by atoms with Crippen LogP contribution in [0.2, 0.25) is 0 Å². The summed E-state index contributed by atoms with van der Waals surface area (Å²) < 4.78 is 24.8. The van der Waals surface area contributed by atoms with Crippen molar-refractivity contribution in [3.8, 4) is 67.6 Å². The van der Waals surface area contributed by atoms with Gasteiger partial charge in [-0.2, -0.15) is 4.40 Å². The summed E-state index contributed by atoms with van der Waals surface area (Å²) in [5.41, 5.74) is 11.0. The summed E-state index contributed by atoms with van der Waals surface area (Å²) in [4.78, 5) is 0. The standard InChI is InChI=1S/C45H36NO4/c1-47-33-21-13-29(14-22-33)41-39-11-7-8-12-40(39)46-44(32-19-27-36(50-4)28-20-32)42(30-15-23-34(48-2)24-16-30)37-9-5-6-10-38(37)45(46)43(41)31-17-25-35(49-3)26-18-31/h5-28H,1-4H3/q+1. The van der Waals surface area contributed by atoms with Crippen LogP contribution < -0.4 is 23.3 Å². The van der Waals surface area contributed by atoms with Crippen molar-refractivity contribution in [2.75, 3.05) is 28.4 Å². The van der Waals surface area contributed by atoms with E-state index in [9.17, 15) is 0 Å². The first-order chi connectivity index (χ1) is 24.6. The molecule has 0 amide bonds. The van der Waals surface area contributed by atoms with Gasteiger partial charge >= 0.3 is 0 Å². The molecule has 0 saturated carbocycles. The Kier molecular flexibility index (Phi) is 8.01. The number of aromatic nitrogens is 1. The molecular weight excluding hydrogens is 618 g/mol. The molecule has 0 radical (unpaired) electrons. The maximum Gasteiger partial charge on any atom is 0.228 e. The highest BCUT2D eigenvalue weighted by atomic mass is 16.5. The van der Waals surface area contributed by atoms with Gasteiger partial charge in [-0.05, 0) is 89.5 Å². The molecule has 0 N–H and O–H groups in total. The molecule has 50 heavy (non-hydrogen) atoms. The molecule has 2 heterocycles. The zero-order valence-corrected chi connectivity index (χ0v) is 28.4. The molecule has 0 spiro atoms. The number of nitrogens with zero attached hydrogens (tertiary/aromatic N) is 1. The predicted octanol–water partition coefficient (Wildman–Crippen LogP) is 10.4. The number of hydrogen-bond acceptors (Lipinski definition) is 4. The highest BCUT2D eigenvalue weighted by Crippen LogP contribution is 2.46. The first kappa shape index (κ1) is 31.0. The van der Waals surface area contributed by atoms with Crippen molar-refractivity contribution in [3.63, 3.8) is 0 Å². The number of methoxy groups -OCH3 is 4. The summed E-state index contributed by atoms with van der Waals surface area (Å²) in [5, 5.41) is 3.42. The highest BCUT2D eigenvalue weighted by Gasteiger charge is 2.32. The maximum absolute atomic E-state index is 5.61. The van der Waals surface area contributed by atoms with Crippen molar-refractivity contribution in [1.82, 2.24) is 0 Å². The number of para-hydroxylation sites is 1. The Labute approximate surface area is 291 Å². The fourth-order valence-electron chi connectivity index (χ4n) is 7.17. The second-order valence-corrected chi connectivity index (χ2v) is 12.1. The number of ether oxygens (including phenoxy) is 4. The normalized spacial score (nSPS) is 11.2. The molecular formula is C45H36NO4+. The van der Waals surface area contributed by atoms with Gasteiger partial charge in [0.1, 0.15) is 23.0 Å². The molecule has 8 rings (SSSR count). The van der Waals surface area contributed by atoms with Gasteiger partial charge in [0, 0.05) is 22.6 Å². The molecule has 0 aliphatic heterocycles.